The molecule has 0 heterocycles. The van der Waals surface area contributed by atoms with Crippen LogP contribution < -0.4 is 0 Å². The minimum Gasteiger partial charge on any atom is -0.115 e. The molecule has 0 radical (unpaired) electrons. The highest BCUT2D eigenvalue weighted by Gasteiger charge is 2.08. The molecule has 2 aromatic rings. The summed E-state index contributed by atoms with van der Waals surface area (Å²) in [6.07, 6.45) is 5.45. The predicted molar refractivity (Wildman–Crippen MR) is 85.2 cm³/mol. The smallest absolute Gasteiger partial charge is 0.0426 e. The molecule has 0 spiro atoms. The molecule has 0 atom stereocenters. The van der Waals surface area contributed by atoms with Crippen molar-refractivity contribution < 1.29 is 0 Å². The third-order valence-electron chi connectivity index (χ3n) is 2.32. The average Bonchev–Trinajstić information content (AvgIpc) is 2.34. The third kappa shape index (κ3) is 2.25. The lowest BCUT2D eigenvalue weighted by Gasteiger charge is -2.08. The second-order valence-electron chi connectivity index (χ2n) is 3.30. The Hall–Kier alpha value is -0.540. The lowest BCUT2D eigenvalue weighted by Crippen LogP contribution is -1.90. The second kappa shape index (κ2) is 5.19. The van der Waals surface area contributed by atoms with Gasteiger partial charge in [0.1, 0.15) is 0 Å². The average molecular weight is 430 g/mol. The molecule has 0 nitrogen and oxygen atoms in total. The summed E-state index contributed by atoms with van der Waals surface area (Å²) in [5.41, 5.74) is 3.43. The number of benzene rings is 2. The van der Waals surface area contributed by atoms with E-state index in [2.05, 4.69) is 69.3 Å². The Morgan fingerprint density at radius 2 is 1.56 bits per heavy atom. The summed E-state index contributed by atoms with van der Waals surface area (Å²) in [6.45, 7) is 0. The maximum atomic E-state index is 5.45. The van der Waals surface area contributed by atoms with E-state index in [0.29, 0.717) is 0 Å². The fourth-order valence-corrected chi connectivity index (χ4v) is 2.91. The summed E-state index contributed by atoms with van der Waals surface area (Å²) in [5, 5.41) is 0. The molecule has 0 unspecified atom stereocenters. The number of rotatable bonds is 1. The van der Waals surface area contributed by atoms with E-state index in [1.165, 1.54) is 14.7 Å². The number of terminal acetylenes is 1. The highest BCUT2D eigenvalue weighted by molar-refractivity contribution is 14.1. The van der Waals surface area contributed by atoms with Gasteiger partial charge in [0.15, 0.2) is 0 Å². The van der Waals surface area contributed by atoms with Gasteiger partial charge in [-0.1, -0.05) is 42.3 Å². The van der Waals surface area contributed by atoms with Crippen LogP contribution in [0.4, 0.5) is 0 Å². The van der Waals surface area contributed by atoms with E-state index in [1.807, 2.05) is 24.3 Å². The molecule has 0 bridgehead atoms. The number of hydrogen-bond acceptors (Lipinski definition) is 0. The molecule has 16 heavy (non-hydrogen) atoms. The lowest BCUT2D eigenvalue weighted by molar-refractivity contribution is 1.51. The minimum absolute atomic E-state index is 0.963. The summed E-state index contributed by atoms with van der Waals surface area (Å²) in [7, 11) is 0. The van der Waals surface area contributed by atoms with Gasteiger partial charge < -0.3 is 0 Å². The van der Waals surface area contributed by atoms with Gasteiger partial charge >= 0.3 is 0 Å². The quantitative estimate of drug-likeness (QED) is 0.461. The van der Waals surface area contributed by atoms with Crippen molar-refractivity contribution in [2.75, 3.05) is 0 Å². The van der Waals surface area contributed by atoms with Gasteiger partial charge in [0.05, 0.1) is 0 Å². The Kier molecular flexibility index (Phi) is 3.87. The van der Waals surface area contributed by atoms with E-state index in [1.54, 1.807) is 0 Å². The molecule has 2 heteroatoms. The molecule has 2 aromatic carbocycles. The first-order valence-corrected chi connectivity index (χ1v) is 6.90. The van der Waals surface area contributed by atoms with Gasteiger partial charge in [-0.25, -0.2) is 0 Å². The van der Waals surface area contributed by atoms with Gasteiger partial charge in [-0.2, -0.15) is 0 Å². The van der Waals surface area contributed by atoms with Crippen molar-refractivity contribution in [3.8, 4) is 23.5 Å². The summed E-state index contributed by atoms with van der Waals surface area (Å²) < 4.78 is 2.38. The minimum atomic E-state index is 0.963. The standard InChI is InChI=1S/C14H8I2/c1-2-10-8-9-12(14(16)13(10)15)11-6-4-3-5-7-11/h1,3-9H. The van der Waals surface area contributed by atoms with Gasteiger partial charge in [-0.3, -0.25) is 0 Å². The Morgan fingerprint density at radius 1 is 0.875 bits per heavy atom. The molecule has 0 aliphatic heterocycles. The number of hydrogen-bond donors (Lipinski definition) is 0. The van der Waals surface area contributed by atoms with Crippen LogP contribution in [0, 0.1) is 19.5 Å². The Labute approximate surface area is 123 Å². The van der Waals surface area contributed by atoms with Crippen LogP contribution in [0.2, 0.25) is 0 Å². The van der Waals surface area contributed by atoms with Crippen molar-refractivity contribution in [1.82, 2.24) is 0 Å². The highest BCUT2D eigenvalue weighted by atomic mass is 127. The van der Waals surface area contributed by atoms with E-state index in [9.17, 15) is 0 Å². The van der Waals surface area contributed by atoms with Crippen molar-refractivity contribution in [3.63, 3.8) is 0 Å². The maximum absolute atomic E-state index is 5.45. The normalized spacial score (nSPS) is 9.81. The summed E-state index contributed by atoms with van der Waals surface area (Å²) in [5.74, 6) is 2.70. The SMILES string of the molecule is C#Cc1ccc(-c2ccccc2)c(I)c1I. The maximum Gasteiger partial charge on any atom is 0.0426 e. The Morgan fingerprint density at radius 3 is 2.19 bits per heavy atom. The van der Waals surface area contributed by atoms with Crippen molar-refractivity contribution in [1.29, 1.82) is 0 Å². The van der Waals surface area contributed by atoms with E-state index in [4.69, 9.17) is 6.42 Å². The van der Waals surface area contributed by atoms with Crippen LogP contribution in [-0.2, 0) is 0 Å². The Bertz CT molecular complexity index is 551. The first kappa shape index (κ1) is 11.9. The van der Waals surface area contributed by atoms with Gasteiger partial charge in [-0.15, -0.1) is 6.42 Å². The summed E-state index contributed by atoms with van der Waals surface area (Å²) in [4.78, 5) is 0. The van der Waals surface area contributed by atoms with E-state index in [-0.39, 0.29) is 0 Å². The molecule has 0 saturated carbocycles. The molecule has 78 valence electrons. The third-order valence-corrected chi connectivity index (χ3v) is 5.60. The van der Waals surface area contributed by atoms with Crippen molar-refractivity contribution in [2.24, 2.45) is 0 Å². The largest absolute Gasteiger partial charge is 0.115 e. The fraction of sp³-hybridized carbons (Fsp3) is 0. The van der Waals surface area contributed by atoms with Gasteiger partial charge in [0, 0.05) is 12.7 Å². The second-order valence-corrected chi connectivity index (χ2v) is 5.46. The summed E-state index contributed by atoms with van der Waals surface area (Å²) >= 11 is 4.66. The van der Waals surface area contributed by atoms with E-state index in [0.717, 1.165) is 9.13 Å². The van der Waals surface area contributed by atoms with Crippen LogP contribution in [0.5, 0.6) is 0 Å². The van der Waals surface area contributed by atoms with Crippen LogP contribution in [-0.4, -0.2) is 0 Å². The zero-order valence-corrected chi connectivity index (χ0v) is 12.7. The highest BCUT2D eigenvalue weighted by Crippen LogP contribution is 2.30. The first-order chi connectivity index (χ1) is 7.74. The lowest BCUT2D eigenvalue weighted by atomic mass is 10.0. The van der Waals surface area contributed by atoms with Gasteiger partial charge in [-0.05, 0) is 62.4 Å². The molecular weight excluding hydrogens is 422 g/mol. The predicted octanol–water partition coefficient (Wildman–Crippen LogP) is 4.54. The van der Waals surface area contributed by atoms with Crippen molar-refractivity contribution in [3.05, 3.63) is 55.2 Å². The van der Waals surface area contributed by atoms with Gasteiger partial charge in [0.25, 0.3) is 0 Å². The summed E-state index contributed by atoms with van der Waals surface area (Å²) in [6, 6.07) is 14.4. The van der Waals surface area contributed by atoms with Crippen LogP contribution in [0.3, 0.4) is 0 Å². The van der Waals surface area contributed by atoms with E-state index < -0.39 is 0 Å². The van der Waals surface area contributed by atoms with Crippen molar-refractivity contribution in [2.45, 2.75) is 0 Å². The molecule has 0 aromatic heterocycles. The first-order valence-electron chi connectivity index (χ1n) is 4.74. The fourth-order valence-electron chi connectivity index (χ4n) is 1.50. The molecule has 2 rings (SSSR count). The van der Waals surface area contributed by atoms with Crippen LogP contribution in [0.1, 0.15) is 5.56 Å². The molecule has 0 aliphatic rings. The van der Waals surface area contributed by atoms with E-state index >= 15 is 0 Å². The molecule has 0 saturated heterocycles. The molecule has 0 fully saturated rings. The number of halogens is 2. The molecule has 0 aliphatic carbocycles. The van der Waals surface area contributed by atoms with Crippen LogP contribution in [0.25, 0.3) is 11.1 Å². The van der Waals surface area contributed by atoms with Crippen LogP contribution >= 0.6 is 45.2 Å². The molecule has 0 N–H and O–H groups in total. The molecular formula is C14H8I2. The van der Waals surface area contributed by atoms with Crippen LogP contribution in [0.15, 0.2) is 42.5 Å². The zero-order chi connectivity index (χ0) is 11.5. The molecule has 0 amide bonds. The van der Waals surface area contributed by atoms with Gasteiger partial charge in [0.2, 0.25) is 0 Å². The monoisotopic (exact) mass is 430 g/mol. The topological polar surface area (TPSA) is 0 Å². The Balaban J connectivity index is 2.62. The zero-order valence-electron chi connectivity index (χ0n) is 8.37. The van der Waals surface area contributed by atoms with Crippen molar-refractivity contribution >= 4 is 45.2 Å².